The van der Waals surface area contributed by atoms with Crippen molar-refractivity contribution in [2.45, 2.75) is 64.5 Å². The van der Waals surface area contributed by atoms with Crippen LogP contribution in [0, 0.1) is 5.92 Å². The van der Waals surface area contributed by atoms with Crippen LogP contribution >= 0.6 is 11.3 Å². The largest absolute Gasteiger partial charge is 0.309 e. The van der Waals surface area contributed by atoms with Gasteiger partial charge in [-0.25, -0.2) is 0 Å². The van der Waals surface area contributed by atoms with Crippen molar-refractivity contribution in [3.8, 4) is 0 Å². The van der Waals surface area contributed by atoms with Crippen LogP contribution in [0.3, 0.4) is 0 Å². The van der Waals surface area contributed by atoms with E-state index in [1.165, 1.54) is 44.9 Å². The molecule has 2 aliphatic carbocycles. The molecule has 0 amide bonds. The second-order valence-electron chi connectivity index (χ2n) is 5.60. The average Bonchev–Trinajstić information content (AvgIpc) is 3.00. The SMILES string of the molecule is CCC1CCCC1NCc1cc2c(s1)CCC2. The van der Waals surface area contributed by atoms with E-state index in [0.29, 0.717) is 0 Å². The summed E-state index contributed by atoms with van der Waals surface area (Å²) >= 11 is 2.05. The zero-order valence-corrected chi connectivity index (χ0v) is 11.6. The van der Waals surface area contributed by atoms with E-state index in [-0.39, 0.29) is 0 Å². The Bertz CT molecular complexity index is 361. The van der Waals surface area contributed by atoms with Gasteiger partial charge in [-0.15, -0.1) is 11.3 Å². The lowest BCUT2D eigenvalue weighted by molar-refractivity contribution is 0.390. The molecule has 1 aromatic rings. The summed E-state index contributed by atoms with van der Waals surface area (Å²) in [5, 5.41) is 3.80. The molecule has 0 aliphatic heterocycles. The summed E-state index contributed by atoms with van der Waals surface area (Å²) in [5.74, 6) is 0.932. The minimum atomic E-state index is 0.789. The molecule has 0 saturated heterocycles. The fourth-order valence-electron chi connectivity index (χ4n) is 3.50. The van der Waals surface area contributed by atoms with Crippen molar-refractivity contribution in [2.75, 3.05) is 0 Å². The second-order valence-corrected chi connectivity index (χ2v) is 6.82. The molecule has 2 atom stereocenters. The maximum absolute atomic E-state index is 3.80. The van der Waals surface area contributed by atoms with Crippen molar-refractivity contribution in [3.05, 3.63) is 21.4 Å². The van der Waals surface area contributed by atoms with E-state index < -0.39 is 0 Å². The van der Waals surface area contributed by atoms with Gasteiger partial charge in [0.05, 0.1) is 0 Å². The van der Waals surface area contributed by atoms with Gasteiger partial charge in [-0.1, -0.05) is 19.8 Å². The van der Waals surface area contributed by atoms with Crippen molar-refractivity contribution in [1.82, 2.24) is 5.32 Å². The smallest absolute Gasteiger partial charge is 0.0302 e. The van der Waals surface area contributed by atoms with Crippen LogP contribution in [0.2, 0.25) is 0 Å². The molecule has 94 valence electrons. The quantitative estimate of drug-likeness (QED) is 0.853. The molecule has 17 heavy (non-hydrogen) atoms. The molecule has 1 heterocycles. The number of fused-ring (bicyclic) bond motifs is 1. The van der Waals surface area contributed by atoms with Gasteiger partial charge in [0, 0.05) is 22.3 Å². The van der Waals surface area contributed by atoms with Gasteiger partial charge < -0.3 is 5.32 Å². The molecule has 1 saturated carbocycles. The number of thiophene rings is 1. The molecule has 0 bridgehead atoms. The minimum Gasteiger partial charge on any atom is -0.309 e. The first-order valence-electron chi connectivity index (χ1n) is 7.20. The molecule has 0 aromatic carbocycles. The summed E-state index contributed by atoms with van der Waals surface area (Å²) in [4.78, 5) is 3.23. The lowest BCUT2D eigenvalue weighted by atomic mass is 10.0. The molecule has 2 aliphatic rings. The molecule has 1 fully saturated rings. The summed E-state index contributed by atoms with van der Waals surface area (Å²) in [6.45, 7) is 3.45. The first-order chi connectivity index (χ1) is 8.36. The van der Waals surface area contributed by atoms with Gasteiger partial charge in [0.1, 0.15) is 0 Å². The van der Waals surface area contributed by atoms with Crippen molar-refractivity contribution >= 4 is 11.3 Å². The Balaban J connectivity index is 1.56. The predicted octanol–water partition coefficient (Wildman–Crippen LogP) is 3.91. The average molecular weight is 249 g/mol. The van der Waals surface area contributed by atoms with Crippen LogP contribution in [0.4, 0.5) is 0 Å². The fourth-order valence-corrected chi connectivity index (χ4v) is 4.72. The van der Waals surface area contributed by atoms with Crippen molar-refractivity contribution in [3.63, 3.8) is 0 Å². The Morgan fingerprint density at radius 1 is 1.29 bits per heavy atom. The number of nitrogens with one attached hydrogen (secondary N) is 1. The predicted molar refractivity (Wildman–Crippen MR) is 74.6 cm³/mol. The molecule has 2 unspecified atom stereocenters. The van der Waals surface area contributed by atoms with Crippen LogP contribution in [0.1, 0.15) is 54.3 Å². The summed E-state index contributed by atoms with van der Waals surface area (Å²) in [7, 11) is 0. The Labute approximate surface area is 109 Å². The monoisotopic (exact) mass is 249 g/mol. The lowest BCUT2D eigenvalue weighted by Gasteiger charge is -2.19. The maximum Gasteiger partial charge on any atom is 0.0302 e. The molecule has 1 N–H and O–H groups in total. The highest BCUT2D eigenvalue weighted by atomic mass is 32.1. The van der Waals surface area contributed by atoms with Gasteiger partial charge in [0.15, 0.2) is 0 Å². The first-order valence-corrected chi connectivity index (χ1v) is 8.02. The molecular weight excluding hydrogens is 226 g/mol. The van der Waals surface area contributed by atoms with Gasteiger partial charge in [0.25, 0.3) is 0 Å². The summed E-state index contributed by atoms with van der Waals surface area (Å²) in [5.41, 5.74) is 1.64. The van der Waals surface area contributed by atoms with E-state index in [9.17, 15) is 0 Å². The van der Waals surface area contributed by atoms with E-state index in [2.05, 4.69) is 29.6 Å². The van der Waals surface area contributed by atoms with E-state index in [1.54, 1.807) is 15.3 Å². The van der Waals surface area contributed by atoms with E-state index in [4.69, 9.17) is 0 Å². The van der Waals surface area contributed by atoms with E-state index >= 15 is 0 Å². The topological polar surface area (TPSA) is 12.0 Å². The number of rotatable bonds is 4. The van der Waals surface area contributed by atoms with Gasteiger partial charge in [-0.3, -0.25) is 0 Å². The van der Waals surface area contributed by atoms with Crippen molar-refractivity contribution < 1.29 is 0 Å². The van der Waals surface area contributed by atoms with Crippen LogP contribution in [0.15, 0.2) is 6.07 Å². The third-order valence-corrected chi connectivity index (χ3v) is 5.76. The van der Waals surface area contributed by atoms with E-state index in [1.807, 2.05) is 0 Å². The third kappa shape index (κ3) is 2.43. The first kappa shape index (κ1) is 11.7. The zero-order valence-electron chi connectivity index (χ0n) is 10.8. The molecule has 0 radical (unpaired) electrons. The Morgan fingerprint density at radius 2 is 2.24 bits per heavy atom. The Hall–Kier alpha value is -0.340. The summed E-state index contributed by atoms with van der Waals surface area (Å²) < 4.78 is 0. The number of hydrogen-bond acceptors (Lipinski definition) is 2. The van der Waals surface area contributed by atoms with Crippen LogP contribution in [0.5, 0.6) is 0 Å². The third-order valence-electron chi connectivity index (χ3n) is 4.52. The second kappa shape index (κ2) is 5.11. The molecule has 3 rings (SSSR count). The van der Waals surface area contributed by atoms with E-state index in [0.717, 1.165) is 18.5 Å². The molecule has 1 nitrogen and oxygen atoms in total. The summed E-state index contributed by atoms with van der Waals surface area (Å²) in [6.07, 6.45) is 9.65. The Morgan fingerprint density at radius 3 is 3.06 bits per heavy atom. The number of hydrogen-bond donors (Lipinski definition) is 1. The Kier molecular flexibility index (Phi) is 3.53. The molecular formula is C15H23NS. The zero-order chi connectivity index (χ0) is 11.7. The molecule has 0 spiro atoms. The van der Waals surface area contributed by atoms with Gasteiger partial charge in [-0.05, 0) is 49.7 Å². The molecule has 1 aromatic heterocycles. The van der Waals surface area contributed by atoms with Crippen molar-refractivity contribution in [2.24, 2.45) is 5.92 Å². The van der Waals surface area contributed by atoms with Crippen molar-refractivity contribution in [1.29, 1.82) is 0 Å². The van der Waals surface area contributed by atoms with Crippen LogP contribution in [0.25, 0.3) is 0 Å². The minimum absolute atomic E-state index is 0.789. The maximum atomic E-state index is 3.80. The van der Waals surface area contributed by atoms with Crippen LogP contribution in [-0.2, 0) is 19.4 Å². The molecule has 2 heteroatoms. The highest BCUT2D eigenvalue weighted by Crippen LogP contribution is 2.32. The van der Waals surface area contributed by atoms with Crippen LogP contribution in [-0.4, -0.2) is 6.04 Å². The summed E-state index contributed by atoms with van der Waals surface area (Å²) in [6, 6.07) is 3.24. The van der Waals surface area contributed by atoms with Crippen LogP contribution < -0.4 is 5.32 Å². The number of aryl methyl sites for hydroxylation is 2. The highest BCUT2D eigenvalue weighted by Gasteiger charge is 2.25. The van der Waals surface area contributed by atoms with Gasteiger partial charge >= 0.3 is 0 Å². The normalized spacial score (nSPS) is 27.6. The highest BCUT2D eigenvalue weighted by molar-refractivity contribution is 7.12. The van der Waals surface area contributed by atoms with Gasteiger partial charge in [-0.2, -0.15) is 0 Å². The van der Waals surface area contributed by atoms with Gasteiger partial charge in [0.2, 0.25) is 0 Å². The fraction of sp³-hybridized carbons (Fsp3) is 0.733. The lowest BCUT2D eigenvalue weighted by Crippen LogP contribution is -2.31. The standard InChI is InChI=1S/C15H23NS/c1-2-11-5-3-7-14(11)16-10-13-9-12-6-4-8-15(12)17-13/h9,11,14,16H,2-8,10H2,1H3.